The lowest BCUT2D eigenvalue weighted by atomic mass is 9.99. The van der Waals surface area contributed by atoms with E-state index in [2.05, 4.69) is 50.1 Å². The molecule has 80 valence electrons. The van der Waals surface area contributed by atoms with Crippen LogP contribution in [0.3, 0.4) is 0 Å². The molecule has 0 aliphatic rings. The number of hydrazone groups is 1. The summed E-state index contributed by atoms with van der Waals surface area (Å²) in [5, 5.41) is 3.76. The lowest BCUT2D eigenvalue weighted by Gasteiger charge is -2.14. The standard InChI is InChI=1S/C13H18N2/c1-10(2)11(3)13(15-14-4)12-8-6-5-7-9-12/h5-10,15H,4H2,1-3H3/b13-11+. The maximum absolute atomic E-state index is 3.76. The van der Waals surface area contributed by atoms with E-state index in [4.69, 9.17) is 0 Å². The van der Waals surface area contributed by atoms with E-state index >= 15 is 0 Å². The third-order valence-corrected chi connectivity index (χ3v) is 2.51. The largest absolute Gasteiger partial charge is 0.279 e. The van der Waals surface area contributed by atoms with Gasteiger partial charge in [-0.15, -0.1) is 0 Å². The minimum absolute atomic E-state index is 0.495. The molecule has 0 fully saturated rings. The number of allylic oxidation sites excluding steroid dienone is 1. The van der Waals surface area contributed by atoms with Gasteiger partial charge in [-0.2, -0.15) is 5.10 Å². The minimum Gasteiger partial charge on any atom is -0.279 e. The molecule has 15 heavy (non-hydrogen) atoms. The SMILES string of the molecule is C=NN/C(=C(\C)C(C)C)c1ccccc1. The highest BCUT2D eigenvalue weighted by Crippen LogP contribution is 2.20. The third-order valence-electron chi connectivity index (χ3n) is 2.51. The Morgan fingerprint density at radius 2 is 1.87 bits per heavy atom. The minimum atomic E-state index is 0.495. The highest BCUT2D eigenvalue weighted by molar-refractivity contribution is 5.67. The number of nitrogens with one attached hydrogen (secondary N) is 1. The zero-order valence-corrected chi connectivity index (χ0v) is 9.62. The normalized spacial score (nSPS) is 12.3. The van der Waals surface area contributed by atoms with E-state index in [1.807, 2.05) is 18.2 Å². The molecule has 0 aromatic heterocycles. The summed E-state index contributed by atoms with van der Waals surface area (Å²) >= 11 is 0. The molecule has 0 saturated heterocycles. The van der Waals surface area contributed by atoms with E-state index < -0.39 is 0 Å². The van der Waals surface area contributed by atoms with Gasteiger partial charge in [0.1, 0.15) is 0 Å². The number of hydrogen-bond acceptors (Lipinski definition) is 2. The Morgan fingerprint density at radius 3 is 2.33 bits per heavy atom. The molecule has 0 amide bonds. The van der Waals surface area contributed by atoms with Crippen molar-refractivity contribution >= 4 is 12.4 Å². The quantitative estimate of drug-likeness (QED) is 0.588. The van der Waals surface area contributed by atoms with Gasteiger partial charge in [-0.1, -0.05) is 44.2 Å². The first-order valence-corrected chi connectivity index (χ1v) is 5.14. The average Bonchev–Trinajstić information content (AvgIpc) is 2.26. The van der Waals surface area contributed by atoms with Crippen LogP contribution in [0.2, 0.25) is 0 Å². The second kappa shape index (κ2) is 5.35. The van der Waals surface area contributed by atoms with Gasteiger partial charge in [0.25, 0.3) is 0 Å². The molecule has 2 nitrogen and oxygen atoms in total. The number of nitrogens with zero attached hydrogens (tertiary/aromatic N) is 1. The van der Waals surface area contributed by atoms with Crippen molar-refractivity contribution in [1.29, 1.82) is 0 Å². The fourth-order valence-electron chi connectivity index (χ4n) is 1.35. The van der Waals surface area contributed by atoms with Crippen LogP contribution in [0.1, 0.15) is 26.3 Å². The van der Waals surface area contributed by atoms with Gasteiger partial charge in [-0.25, -0.2) is 0 Å². The maximum Gasteiger partial charge on any atom is 0.0625 e. The van der Waals surface area contributed by atoms with Crippen LogP contribution in [0.4, 0.5) is 0 Å². The van der Waals surface area contributed by atoms with E-state index in [1.165, 1.54) is 5.57 Å². The summed E-state index contributed by atoms with van der Waals surface area (Å²) in [6.45, 7) is 9.93. The van der Waals surface area contributed by atoms with Crippen LogP contribution in [0.5, 0.6) is 0 Å². The lowest BCUT2D eigenvalue weighted by molar-refractivity contribution is 0.760. The molecule has 0 aliphatic carbocycles. The third kappa shape index (κ3) is 2.94. The maximum atomic E-state index is 3.76. The molecule has 0 radical (unpaired) electrons. The molecule has 0 saturated carbocycles. The van der Waals surface area contributed by atoms with Crippen LogP contribution in [0, 0.1) is 5.92 Å². The van der Waals surface area contributed by atoms with E-state index in [1.54, 1.807) is 0 Å². The van der Waals surface area contributed by atoms with Gasteiger partial charge in [0.2, 0.25) is 0 Å². The Hall–Kier alpha value is -1.57. The van der Waals surface area contributed by atoms with Gasteiger partial charge in [0.05, 0.1) is 5.70 Å². The zero-order chi connectivity index (χ0) is 11.3. The number of benzene rings is 1. The van der Waals surface area contributed by atoms with Gasteiger partial charge in [-0.05, 0) is 24.0 Å². The Bertz CT molecular complexity index is 350. The van der Waals surface area contributed by atoms with Crippen LogP contribution in [0.15, 0.2) is 41.0 Å². The van der Waals surface area contributed by atoms with Gasteiger partial charge >= 0.3 is 0 Å². The van der Waals surface area contributed by atoms with Gasteiger partial charge in [0.15, 0.2) is 0 Å². The zero-order valence-electron chi connectivity index (χ0n) is 9.62. The summed E-state index contributed by atoms with van der Waals surface area (Å²) in [4.78, 5) is 0. The Balaban J connectivity index is 3.14. The van der Waals surface area contributed by atoms with Gasteiger partial charge < -0.3 is 0 Å². The molecule has 2 heteroatoms. The molecule has 0 bridgehead atoms. The van der Waals surface area contributed by atoms with Crippen LogP contribution in [0.25, 0.3) is 5.70 Å². The van der Waals surface area contributed by atoms with Crippen molar-refractivity contribution in [1.82, 2.24) is 5.43 Å². The molecule has 1 N–H and O–H groups in total. The molecule has 0 spiro atoms. The summed E-state index contributed by atoms with van der Waals surface area (Å²) in [6.07, 6.45) is 0. The van der Waals surface area contributed by atoms with Crippen molar-refractivity contribution in [3.63, 3.8) is 0 Å². The van der Waals surface area contributed by atoms with E-state index in [0.717, 1.165) is 11.3 Å². The topological polar surface area (TPSA) is 24.4 Å². The second-order valence-corrected chi connectivity index (χ2v) is 3.85. The van der Waals surface area contributed by atoms with Crippen molar-refractivity contribution in [2.24, 2.45) is 11.0 Å². The fourth-order valence-corrected chi connectivity index (χ4v) is 1.35. The Morgan fingerprint density at radius 1 is 1.27 bits per heavy atom. The highest BCUT2D eigenvalue weighted by Gasteiger charge is 2.07. The van der Waals surface area contributed by atoms with Crippen LogP contribution in [-0.2, 0) is 0 Å². The Kier molecular flexibility index (Phi) is 4.10. The molecular weight excluding hydrogens is 184 g/mol. The van der Waals surface area contributed by atoms with Crippen molar-refractivity contribution in [3.05, 3.63) is 41.5 Å². The first-order valence-electron chi connectivity index (χ1n) is 5.14. The molecule has 0 atom stereocenters. The molecule has 1 aromatic carbocycles. The van der Waals surface area contributed by atoms with Crippen LogP contribution < -0.4 is 5.43 Å². The van der Waals surface area contributed by atoms with Crippen molar-refractivity contribution in [2.45, 2.75) is 20.8 Å². The summed E-state index contributed by atoms with van der Waals surface area (Å²) in [5.41, 5.74) is 6.46. The number of hydrogen-bond donors (Lipinski definition) is 1. The smallest absolute Gasteiger partial charge is 0.0625 e. The predicted molar refractivity (Wildman–Crippen MR) is 66.6 cm³/mol. The van der Waals surface area contributed by atoms with Gasteiger partial charge in [-0.3, -0.25) is 5.43 Å². The first-order chi connectivity index (χ1) is 7.16. The number of rotatable bonds is 4. The molecular formula is C13H18N2. The predicted octanol–water partition coefficient (Wildman–Crippen LogP) is 3.28. The summed E-state index contributed by atoms with van der Waals surface area (Å²) < 4.78 is 0. The fraction of sp³-hybridized carbons (Fsp3) is 0.308. The molecule has 0 unspecified atom stereocenters. The summed E-state index contributed by atoms with van der Waals surface area (Å²) in [7, 11) is 0. The Labute approximate surface area is 91.7 Å². The van der Waals surface area contributed by atoms with Crippen LogP contribution in [-0.4, -0.2) is 6.72 Å². The highest BCUT2D eigenvalue weighted by atomic mass is 15.3. The molecule has 0 heterocycles. The van der Waals surface area contributed by atoms with E-state index in [-0.39, 0.29) is 0 Å². The second-order valence-electron chi connectivity index (χ2n) is 3.85. The summed E-state index contributed by atoms with van der Waals surface area (Å²) in [6, 6.07) is 10.2. The van der Waals surface area contributed by atoms with Gasteiger partial charge in [0, 0.05) is 6.72 Å². The van der Waals surface area contributed by atoms with Crippen molar-refractivity contribution in [3.8, 4) is 0 Å². The van der Waals surface area contributed by atoms with E-state index in [0.29, 0.717) is 5.92 Å². The lowest BCUT2D eigenvalue weighted by Crippen LogP contribution is -2.08. The summed E-state index contributed by atoms with van der Waals surface area (Å²) in [5.74, 6) is 0.495. The van der Waals surface area contributed by atoms with Crippen molar-refractivity contribution < 1.29 is 0 Å². The average molecular weight is 202 g/mol. The molecule has 1 aromatic rings. The first kappa shape index (κ1) is 11.5. The van der Waals surface area contributed by atoms with Crippen molar-refractivity contribution in [2.75, 3.05) is 0 Å². The monoisotopic (exact) mass is 202 g/mol. The molecule has 0 aliphatic heterocycles. The van der Waals surface area contributed by atoms with E-state index in [9.17, 15) is 0 Å². The van der Waals surface area contributed by atoms with Crippen LogP contribution >= 0.6 is 0 Å². The molecule has 1 rings (SSSR count).